The van der Waals surface area contributed by atoms with Crippen LogP contribution in [0.2, 0.25) is 0 Å². The Labute approximate surface area is 118 Å². The molecule has 0 amide bonds. The van der Waals surface area contributed by atoms with Crippen molar-refractivity contribution in [2.75, 3.05) is 33.7 Å². The van der Waals surface area contributed by atoms with Crippen molar-refractivity contribution in [2.45, 2.75) is 13.0 Å². The number of nitrogens with zero attached hydrogens (tertiary/aromatic N) is 2. The van der Waals surface area contributed by atoms with Crippen LogP contribution in [0.4, 0.5) is 4.39 Å². The molecular weight excluding hydrogens is 263 g/mol. The largest absolute Gasteiger partial charge is 0.508 e. The highest BCUT2D eigenvalue weighted by Gasteiger charge is 2.21. The molecule has 0 aliphatic carbocycles. The van der Waals surface area contributed by atoms with Crippen LogP contribution in [0.3, 0.4) is 0 Å². The number of hydrogen-bond donors (Lipinski definition) is 2. The number of carboxylic acid groups (broad SMARTS) is 1. The van der Waals surface area contributed by atoms with Crippen LogP contribution in [0.1, 0.15) is 18.5 Å². The number of benzene rings is 1. The Morgan fingerprint density at radius 1 is 1.35 bits per heavy atom. The Morgan fingerprint density at radius 3 is 2.50 bits per heavy atom. The fourth-order valence-electron chi connectivity index (χ4n) is 1.96. The molecule has 112 valence electrons. The molecule has 2 N–H and O–H groups in total. The molecule has 0 bridgehead atoms. The number of carboxylic acids is 1. The second-order valence-corrected chi connectivity index (χ2v) is 5.05. The first kappa shape index (κ1) is 16.4. The van der Waals surface area contributed by atoms with Crippen LogP contribution in [0, 0.1) is 5.82 Å². The van der Waals surface area contributed by atoms with Crippen molar-refractivity contribution in [1.82, 2.24) is 9.80 Å². The van der Waals surface area contributed by atoms with Gasteiger partial charge in [0.1, 0.15) is 11.6 Å². The topological polar surface area (TPSA) is 64.0 Å². The van der Waals surface area contributed by atoms with Crippen LogP contribution in [0.15, 0.2) is 18.2 Å². The van der Waals surface area contributed by atoms with Crippen LogP contribution in [-0.4, -0.2) is 59.7 Å². The first-order valence-corrected chi connectivity index (χ1v) is 6.40. The number of likely N-dealkylation sites (N-methyl/N-ethyl adjacent to an activating group) is 1. The number of aromatic hydroxyl groups is 1. The van der Waals surface area contributed by atoms with Crippen LogP contribution in [-0.2, 0) is 4.79 Å². The number of carbonyl (C=O) groups is 1. The predicted octanol–water partition coefficient (Wildman–Crippen LogP) is 1.54. The molecule has 0 radical (unpaired) electrons. The molecule has 1 aromatic rings. The molecule has 6 heteroatoms. The highest BCUT2D eigenvalue weighted by molar-refractivity contribution is 5.69. The van der Waals surface area contributed by atoms with Crippen LogP contribution in [0.5, 0.6) is 5.75 Å². The van der Waals surface area contributed by atoms with Crippen molar-refractivity contribution in [1.29, 1.82) is 0 Å². The first-order chi connectivity index (χ1) is 9.31. The van der Waals surface area contributed by atoms with E-state index in [-0.39, 0.29) is 18.3 Å². The highest BCUT2D eigenvalue weighted by atomic mass is 19.1. The van der Waals surface area contributed by atoms with Crippen LogP contribution >= 0.6 is 0 Å². The van der Waals surface area contributed by atoms with Crippen molar-refractivity contribution in [2.24, 2.45) is 0 Å². The van der Waals surface area contributed by atoms with Gasteiger partial charge in [0.2, 0.25) is 0 Å². The summed E-state index contributed by atoms with van der Waals surface area (Å²) < 4.78 is 13.9. The Balaban J connectivity index is 2.90. The molecule has 1 rings (SSSR count). The van der Waals surface area contributed by atoms with E-state index in [9.17, 15) is 14.3 Å². The molecule has 1 aromatic carbocycles. The number of hydrogen-bond acceptors (Lipinski definition) is 4. The summed E-state index contributed by atoms with van der Waals surface area (Å²) in [7, 11) is 3.79. The van der Waals surface area contributed by atoms with Crippen molar-refractivity contribution in [3.05, 3.63) is 29.6 Å². The number of halogens is 1. The van der Waals surface area contributed by atoms with Gasteiger partial charge in [-0.2, -0.15) is 0 Å². The van der Waals surface area contributed by atoms with E-state index < -0.39 is 11.8 Å². The van der Waals surface area contributed by atoms with Gasteiger partial charge in [0.05, 0.1) is 6.54 Å². The number of phenolic OH excluding ortho intramolecular Hbond substituents is 1. The molecule has 1 atom stereocenters. The molecule has 0 aliphatic heterocycles. The lowest BCUT2D eigenvalue weighted by Gasteiger charge is -2.29. The molecule has 0 saturated carbocycles. The van der Waals surface area contributed by atoms with E-state index in [1.54, 1.807) is 11.8 Å². The zero-order chi connectivity index (χ0) is 15.3. The van der Waals surface area contributed by atoms with E-state index in [1.165, 1.54) is 12.1 Å². The number of rotatable bonds is 7. The second kappa shape index (κ2) is 7.21. The molecular formula is C14H21FN2O3. The standard InChI is InChI=1S/C14H21FN2O3/c1-10(12-5-4-11(18)8-13(12)15)17(9-14(19)20)7-6-16(2)3/h4-5,8,10,18H,6-7,9H2,1-3H3,(H,19,20). The maximum Gasteiger partial charge on any atom is 0.317 e. The van der Waals surface area contributed by atoms with Gasteiger partial charge in [-0.3, -0.25) is 9.69 Å². The normalized spacial score (nSPS) is 12.9. The van der Waals surface area contributed by atoms with Crippen molar-refractivity contribution < 1.29 is 19.4 Å². The van der Waals surface area contributed by atoms with E-state index in [0.29, 0.717) is 18.7 Å². The minimum absolute atomic E-state index is 0.142. The summed E-state index contributed by atoms with van der Waals surface area (Å²) in [5.74, 6) is -1.62. The molecule has 20 heavy (non-hydrogen) atoms. The molecule has 1 unspecified atom stereocenters. The smallest absolute Gasteiger partial charge is 0.317 e. The minimum atomic E-state index is -0.949. The summed E-state index contributed by atoms with van der Waals surface area (Å²) in [6, 6.07) is 3.54. The van der Waals surface area contributed by atoms with Crippen LogP contribution in [0.25, 0.3) is 0 Å². The summed E-state index contributed by atoms with van der Waals surface area (Å²) in [4.78, 5) is 14.6. The zero-order valence-electron chi connectivity index (χ0n) is 12.0. The fourth-order valence-corrected chi connectivity index (χ4v) is 1.96. The summed E-state index contributed by atoms with van der Waals surface area (Å²) in [6.07, 6.45) is 0. The first-order valence-electron chi connectivity index (χ1n) is 6.40. The van der Waals surface area contributed by atoms with E-state index in [1.807, 2.05) is 19.0 Å². The lowest BCUT2D eigenvalue weighted by molar-refractivity contribution is -0.139. The number of phenols is 1. The average Bonchev–Trinajstić information content (AvgIpc) is 2.33. The Bertz CT molecular complexity index is 466. The average molecular weight is 284 g/mol. The summed E-state index contributed by atoms with van der Waals surface area (Å²) in [5, 5.41) is 18.2. The molecule has 0 aliphatic rings. The van der Waals surface area contributed by atoms with Gasteiger partial charge in [0.15, 0.2) is 0 Å². The van der Waals surface area contributed by atoms with Gasteiger partial charge >= 0.3 is 5.97 Å². The van der Waals surface area contributed by atoms with Crippen LogP contribution < -0.4 is 0 Å². The number of aliphatic carboxylic acids is 1. The predicted molar refractivity (Wildman–Crippen MR) is 74.2 cm³/mol. The van der Waals surface area contributed by atoms with Gasteiger partial charge in [0, 0.05) is 30.8 Å². The van der Waals surface area contributed by atoms with Crippen molar-refractivity contribution in [3.63, 3.8) is 0 Å². The Morgan fingerprint density at radius 2 is 2.00 bits per heavy atom. The second-order valence-electron chi connectivity index (χ2n) is 5.05. The summed E-state index contributed by atoms with van der Waals surface area (Å²) in [5.41, 5.74) is 0.378. The highest BCUT2D eigenvalue weighted by Crippen LogP contribution is 2.25. The lowest BCUT2D eigenvalue weighted by Crippen LogP contribution is -2.37. The maximum absolute atomic E-state index is 13.9. The third kappa shape index (κ3) is 4.79. The molecule has 0 aromatic heterocycles. The van der Waals surface area contributed by atoms with Gasteiger partial charge in [0.25, 0.3) is 0 Å². The quantitative estimate of drug-likeness (QED) is 0.795. The van der Waals surface area contributed by atoms with E-state index in [4.69, 9.17) is 5.11 Å². The lowest BCUT2D eigenvalue weighted by atomic mass is 10.1. The summed E-state index contributed by atoms with van der Waals surface area (Å²) >= 11 is 0. The molecule has 0 fully saturated rings. The van der Waals surface area contributed by atoms with E-state index in [2.05, 4.69) is 0 Å². The van der Waals surface area contributed by atoms with Gasteiger partial charge in [-0.1, -0.05) is 6.07 Å². The third-order valence-electron chi connectivity index (χ3n) is 3.15. The van der Waals surface area contributed by atoms with Gasteiger partial charge < -0.3 is 15.1 Å². The Hall–Kier alpha value is -1.66. The van der Waals surface area contributed by atoms with Crippen molar-refractivity contribution in [3.8, 4) is 5.75 Å². The maximum atomic E-state index is 13.9. The fraction of sp³-hybridized carbons (Fsp3) is 0.500. The van der Waals surface area contributed by atoms with E-state index >= 15 is 0 Å². The summed E-state index contributed by atoms with van der Waals surface area (Å²) in [6.45, 7) is 2.79. The minimum Gasteiger partial charge on any atom is -0.508 e. The van der Waals surface area contributed by atoms with Gasteiger partial charge in [-0.05, 0) is 27.1 Å². The zero-order valence-corrected chi connectivity index (χ0v) is 12.0. The SMILES string of the molecule is CC(c1ccc(O)cc1F)N(CCN(C)C)CC(=O)O. The molecule has 0 heterocycles. The molecule has 5 nitrogen and oxygen atoms in total. The van der Waals surface area contributed by atoms with Crippen molar-refractivity contribution >= 4 is 5.97 Å². The molecule has 0 saturated heterocycles. The van der Waals surface area contributed by atoms with Gasteiger partial charge in [-0.15, -0.1) is 0 Å². The monoisotopic (exact) mass is 284 g/mol. The molecule has 0 spiro atoms. The third-order valence-corrected chi connectivity index (χ3v) is 3.15. The Kier molecular flexibility index (Phi) is 5.91. The van der Waals surface area contributed by atoms with Gasteiger partial charge in [-0.25, -0.2) is 4.39 Å². The van der Waals surface area contributed by atoms with E-state index in [0.717, 1.165) is 6.07 Å².